The molecule has 0 saturated heterocycles. The van der Waals surface area contributed by atoms with Crippen molar-refractivity contribution in [2.45, 2.75) is 12.6 Å². The number of rotatable bonds is 5. The maximum Gasteiger partial charge on any atom is 0.315 e. The molecular formula is C19H19N3O2. The fourth-order valence-electron chi connectivity index (χ4n) is 2.47. The maximum atomic E-state index is 11.8. The molecule has 0 unspecified atom stereocenters. The Kier molecular flexibility index (Phi) is 5.03. The summed E-state index contributed by atoms with van der Waals surface area (Å²) in [6.45, 7) is 0.545. The molecule has 2 aromatic carbocycles. The smallest absolute Gasteiger partial charge is 0.315 e. The van der Waals surface area contributed by atoms with Crippen LogP contribution in [0.1, 0.15) is 17.2 Å². The van der Waals surface area contributed by atoms with Crippen molar-refractivity contribution in [3.63, 3.8) is 0 Å². The Morgan fingerprint density at radius 2 is 1.88 bits per heavy atom. The van der Waals surface area contributed by atoms with E-state index in [1.165, 1.54) is 0 Å². The van der Waals surface area contributed by atoms with E-state index in [1.807, 2.05) is 54.6 Å². The fraction of sp³-hybridized carbons (Fsp3) is 0.158. The van der Waals surface area contributed by atoms with Gasteiger partial charge in [-0.05, 0) is 34.0 Å². The van der Waals surface area contributed by atoms with Gasteiger partial charge in [-0.15, -0.1) is 0 Å². The van der Waals surface area contributed by atoms with Crippen molar-refractivity contribution in [2.75, 3.05) is 6.54 Å². The zero-order valence-corrected chi connectivity index (χ0v) is 13.1. The van der Waals surface area contributed by atoms with Crippen LogP contribution in [0, 0.1) is 0 Å². The largest absolute Gasteiger partial charge is 0.387 e. The second kappa shape index (κ2) is 7.57. The van der Waals surface area contributed by atoms with Gasteiger partial charge in [-0.25, -0.2) is 4.79 Å². The van der Waals surface area contributed by atoms with Crippen molar-refractivity contribution in [3.8, 4) is 0 Å². The molecule has 24 heavy (non-hydrogen) atoms. The van der Waals surface area contributed by atoms with Gasteiger partial charge in [0.05, 0.1) is 6.10 Å². The van der Waals surface area contributed by atoms with E-state index in [0.29, 0.717) is 6.54 Å². The number of carbonyl (C=O) groups is 1. The molecule has 0 radical (unpaired) electrons. The van der Waals surface area contributed by atoms with Gasteiger partial charge >= 0.3 is 6.03 Å². The number of fused-ring (bicyclic) bond motifs is 1. The Morgan fingerprint density at radius 1 is 1.04 bits per heavy atom. The van der Waals surface area contributed by atoms with Crippen LogP contribution in [-0.2, 0) is 6.54 Å². The van der Waals surface area contributed by atoms with Crippen molar-refractivity contribution in [1.29, 1.82) is 0 Å². The lowest BCUT2D eigenvalue weighted by Gasteiger charge is -2.13. The summed E-state index contributed by atoms with van der Waals surface area (Å²) in [6.07, 6.45) is 2.63. The van der Waals surface area contributed by atoms with Gasteiger partial charge < -0.3 is 15.7 Å². The number of pyridine rings is 1. The lowest BCUT2D eigenvalue weighted by molar-refractivity contribution is 0.173. The Balaban J connectivity index is 1.52. The van der Waals surface area contributed by atoms with Crippen molar-refractivity contribution < 1.29 is 9.90 Å². The van der Waals surface area contributed by atoms with Crippen LogP contribution in [0.3, 0.4) is 0 Å². The molecule has 0 saturated carbocycles. The third-order valence-corrected chi connectivity index (χ3v) is 3.79. The van der Waals surface area contributed by atoms with Gasteiger partial charge in [0.1, 0.15) is 0 Å². The Bertz CT molecular complexity index is 821. The summed E-state index contributed by atoms with van der Waals surface area (Å²) in [7, 11) is 0. The van der Waals surface area contributed by atoms with Gasteiger partial charge in [0, 0.05) is 25.5 Å². The van der Waals surface area contributed by atoms with Crippen LogP contribution in [0.5, 0.6) is 0 Å². The van der Waals surface area contributed by atoms with Gasteiger partial charge in [-0.3, -0.25) is 4.98 Å². The lowest BCUT2D eigenvalue weighted by Crippen LogP contribution is -2.37. The minimum absolute atomic E-state index is 0.150. The molecule has 0 bridgehead atoms. The lowest BCUT2D eigenvalue weighted by atomic mass is 10.0. The minimum Gasteiger partial charge on any atom is -0.387 e. The third kappa shape index (κ3) is 4.08. The average molecular weight is 321 g/mol. The molecule has 0 spiro atoms. The third-order valence-electron chi connectivity index (χ3n) is 3.79. The Morgan fingerprint density at radius 3 is 2.67 bits per heavy atom. The van der Waals surface area contributed by atoms with E-state index in [1.54, 1.807) is 12.4 Å². The molecule has 2 amide bonds. The highest BCUT2D eigenvalue weighted by atomic mass is 16.3. The van der Waals surface area contributed by atoms with Gasteiger partial charge in [0.15, 0.2) is 0 Å². The molecule has 3 N–H and O–H groups in total. The molecule has 1 heterocycles. The number of carbonyl (C=O) groups excluding carboxylic acids is 1. The quantitative estimate of drug-likeness (QED) is 0.676. The summed E-state index contributed by atoms with van der Waals surface area (Å²) in [5.74, 6) is 0. The molecule has 3 aromatic rings. The number of amides is 2. The number of hydrogen-bond acceptors (Lipinski definition) is 3. The van der Waals surface area contributed by atoms with Crippen molar-refractivity contribution in [1.82, 2.24) is 15.6 Å². The van der Waals surface area contributed by atoms with Crippen LogP contribution in [0.2, 0.25) is 0 Å². The molecule has 1 atom stereocenters. The van der Waals surface area contributed by atoms with Gasteiger partial charge in [-0.1, -0.05) is 42.5 Å². The fourth-order valence-corrected chi connectivity index (χ4v) is 2.47. The van der Waals surface area contributed by atoms with Gasteiger partial charge in [0.25, 0.3) is 0 Å². The molecule has 0 aliphatic carbocycles. The minimum atomic E-state index is -0.751. The first-order chi connectivity index (χ1) is 11.7. The van der Waals surface area contributed by atoms with Gasteiger partial charge in [-0.2, -0.15) is 0 Å². The zero-order chi connectivity index (χ0) is 16.8. The predicted molar refractivity (Wildman–Crippen MR) is 93.4 cm³/mol. The number of aliphatic hydroxyl groups is 1. The topological polar surface area (TPSA) is 74.2 Å². The average Bonchev–Trinajstić information content (AvgIpc) is 2.65. The highest BCUT2D eigenvalue weighted by molar-refractivity contribution is 5.83. The molecule has 5 heteroatoms. The van der Waals surface area contributed by atoms with Crippen molar-refractivity contribution in [3.05, 3.63) is 78.1 Å². The number of benzene rings is 2. The van der Waals surface area contributed by atoms with Crippen LogP contribution in [-0.4, -0.2) is 22.7 Å². The molecule has 3 rings (SSSR count). The molecule has 5 nitrogen and oxygen atoms in total. The second-order valence-corrected chi connectivity index (χ2v) is 5.55. The summed E-state index contributed by atoms with van der Waals surface area (Å²) in [5.41, 5.74) is 1.70. The first-order valence-electron chi connectivity index (χ1n) is 7.80. The molecule has 0 aliphatic heterocycles. The number of aliphatic hydroxyl groups excluding tert-OH is 1. The molecular weight excluding hydrogens is 302 g/mol. The zero-order valence-electron chi connectivity index (χ0n) is 13.1. The SMILES string of the molecule is O=C(NCc1cccnc1)NC[C@H](O)c1ccc2ccccc2c1. The number of hydrogen-bond donors (Lipinski definition) is 3. The molecule has 0 fully saturated rings. The highest BCUT2D eigenvalue weighted by Crippen LogP contribution is 2.19. The normalized spacial score (nSPS) is 11.9. The summed E-state index contributed by atoms with van der Waals surface area (Å²) >= 11 is 0. The summed E-state index contributed by atoms with van der Waals surface area (Å²) < 4.78 is 0. The van der Waals surface area contributed by atoms with Crippen LogP contribution in [0.15, 0.2) is 67.0 Å². The van der Waals surface area contributed by atoms with E-state index in [9.17, 15) is 9.90 Å². The van der Waals surface area contributed by atoms with E-state index in [-0.39, 0.29) is 12.6 Å². The molecule has 122 valence electrons. The monoisotopic (exact) mass is 321 g/mol. The summed E-state index contributed by atoms with van der Waals surface area (Å²) in [6, 6.07) is 17.1. The number of urea groups is 1. The van der Waals surface area contributed by atoms with E-state index in [2.05, 4.69) is 15.6 Å². The number of aromatic nitrogens is 1. The maximum absolute atomic E-state index is 11.8. The second-order valence-electron chi connectivity index (χ2n) is 5.55. The van der Waals surface area contributed by atoms with E-state index < -0.39 is 6.10 Å². The summed E-state index contributed by atoms with van der Waals surface area (Å²) in [5, 5.41) is 17.9. The molecule has 0 aliphatic rings. The van der Waals surface area contributed by atoms with E-state index >= 15 is 0 Å². The number of nitrogens with one attached hydrogen (secondary N) is 2. The van der Waals surface area contributed by atoms with Crippen LogP contribution in [0.25, 0.3) is 10.8 Å². The summed E-state index contributed by atoms with van der Waals surface area (Å²) in [4.78, 5) is 15.8. The van der Waals surface area contributed by atoms with E-state index in [0.717, 1.165) is 21.9 Å². The highest BCUT2D eigenvalue weighted by Gasteiger charge is 2.10. The Labute approximate surface area is 140 Å². The van der Waals surface area contributed by atoms with Crippen LogP contribution < -0.4 is 10.6 Å². The first kappa shape index (κ1) is 16.0. The van der Waals surface area contributed by atoms with Crippen LogP contribution >= 0.6 is 0 Å². The first-order valence-corrected chi connectivity index (χ1v) is 7.80. The van der Waals surface area contributed by atoms with Gasteiger partial charge in [0.2, 0.25) is 0 Å². The standard InChI is InChI=1S/C19H19N3O2/c23-18(17-8-7-15-5-1-2-6-16(15)10-17)13-22-19(24)21-12-14-4-3-9-20-11-14/h1-11,18,23H,12-13H2,(H2,21,22,24)/t18-/m0/s1. The van der Waals surface area contributed by atoms with Crippen molar-refractivity contribution in [2.24, 2.45) is 0 Å². The van der Waals surface area contributed by atoms with Crippen LogP contribution in [0.4, 0.5) is 4.79 Å². The molecule has 1 aromatic heterocycles. The Hall–Kier alpha value is -2.92. The number of nitrogens with zero attached hydrogens (tertiary/aromatic N) is 1. The van der Waals surface area contributed by atoms with Crippen molar-refractivity contribution >= 4 is 16.8 Å². The van der Waals surface area contributed by atoms with E-state index in [4.69, 9.17) is 0 Å². The predicted octanol–water partition coefficient (Wildman–Crippen LogP) is 2.77.